The van der Waals surface area contributed by atoms with E-state index < -0.39 is 0 Å². The number of hydrogen-bond donors (Lipinski definition) is 0. The van der Waals surface area contributed by atoms with Crippen LogP contribution in [0.5, 0.6) is 5.75 Å². The van der Waals surface area contributed by atoms with Crippen LogP contribution >= 0.6 is 0 Å². The van der Waals surface area contributed by atoms with Crippen molar-refractivity contribution in [2.75, 3.05) is 7.11 Å². The van der Waals surface area contributed by atoms with Gasteiger partial charge >= 0.3 is 0 Å². The highest BCUT2D eigenvalue weighted by molar-refractivity contribution is 5.94. The first kappa shape index (κ1) is 17.0. The van der Waals surface area contributed by atoms with Gasteiger partial charge in [-0.3, -0.25) is 4.79 Å². The average Bonchev–Trinajstić information content (AvgIpc) is 3.51. The van der Waals surface area contributed by atoms with Crippen LogP contribution < -0.4 is 4.74 Å². The van der Waals surface area contributed by atoms with Crippen LogP contribution in [0, 0.1) is 17.2 Å². The predicted molar refractivity (Wildman–Crippen MR) is 96.2 cm³/mol. The number of nitriles is 1. The van der Waals surface area contributed by atoms with Crippen LogP contribution in [0.25, 0.3) is 0 Å². The summed E-state index contributed by atoms with van der Waals surface area (Å²) >= 11 is 0. The summed E-state index contributed by atoms with van der Waals surface area (Å²) in [5.74, 6) is 1.35. The molecule has 1 amide bonds. The van der Waals surface area contributed by atoms with Gasteiger partial charge in [0.05, 0.1) is 18.7 Å². The molecule has 2 aromatic rings. The molecule has 3 rings (SSSR count). The quantitative estimate of drug-likeness (QED) is 0.802. The molecule has 0 heterocycles. The van der Waals surface area contributed by atoms with E-state index in [0.717, 1.165) is 11.3 Å². The molecule has 0 unspecified atom stereocenters. The van der Waals surface area contributed by atoms with E-state index >= 15 is 0 Å². The summed E-state index contributed by atoms with van der Waals surface area (Å²) in [5, 5.41) is 9.09. The van der Waals surface area contributed by atoms with Gasteiger partial charge in [0.2, 0.25) is 0 Å². The zero-order valence-electron chi connectivity index (χ0n) is 14.6. The Morgan fingerprint density at radius 1 is 1.28 bits per heavy atom. The van der Waals surface area contributed by atoms with Gasteiger partial charge in [-0.05, 0) is 61.6 Å². The molecule has 0 aliphatic heterocycles. The lowest BCUT2D eigenvalue weighted by molar-refractivity contribution is 0.0654. The number of hydrogen-bond acceptors (Lipinski definition) is 3. The highest BCUT2D eigenvalue weighted by atomic mass is 16.5. The fourth-order valence-corrected chi connectivity index (χ4v) is 3.05. The summed E-state index contributed by atoms with van der Waals surface area (Å²) in [6.07, 6.45) is 2.34. The molecule has 1 fully saturated rings. The minimum absolute atomic E-state index is 0.0210. The van der Waals surface area contributed by atoms with E-state index in [4.69, 9.17) is 10.00 Å². The Balaban J connectivity index is 1.85. The number of ether oxygens (including phenoxy) is 1. The van der Waals surface area contributed by atoms with E-state index in [1.54, 1.807) is 31.4 Å². The molecule has 0 N–H and O–H groups in total. The molecule has 0 aromatic heterocycles. The SMILES string of the molecule is COc1ccc(CN(C(=O)c2cccc(C#N)c2)[C@H](C)C2CC2)cc1. The third-order valence-electron chi connectivity index (χ3n) is 4.81. The fourth-order valence-electron chi connectivity index (χ4n) is 3.05. The third-order valence-corrected chi connectivity index (χ3v) is 4.81. The van der Waals surface area contributed by atoms with Gasteiger partial charge in [-0.25, -0.2) is 0 Å². The van der Waals surface area contributed by atoms with Gasteiger partial charge in [-0.1, -0.05) is 18.2 Å². The number of methoxy groups -OCH3 is 1. The van der Waals surface area contributed by atoms with E-state index in [1.807, 2.05) is 29.2 Å². The van der Waals surface area contributed by atoms with Crippen LogP contribution in [0.4, 0.5) is 0 Å². The molecule has 0 saturated heterocycles. The van der Waals surface area contributed by atoms with Crippen molar-refractivity contribution in [3.8, 4) is 11.8 Å². The molecular formula is C21H22N2O2. The summed E-state index contributed by atoms with van der Waals surface area (Å²) < 4.78 is 5.20. The van der Waals surface area contributed by atoms with Crippen LogP contribution in [-0.2, 0) is 6.54 Å². The number of rotatable bonds is 6. The van der Waals surface area contributed by atoms with Crippen molar-refractivity contribution in [2.24, 2.45) is 5.92 Å². The first-order chi connectivity index (χ1) is 12.1. The van der Waals surface area contributed by atoms with Gasteiger partial charge in [-0.15, -0.1) is 0 Å². The fraction of sp³-hybridized carbons (Fsp3) is 0.333. The Bertz CT molecular complexity index is 788. The van der Waals surface area contributed by atoms with Gasteiger partial charge < -0.3 is 9.64 Å². The molecule has 2 aromatic carbocycles. The molecule has 4 nitrogen and oxygen atoms in total. The molecule has 1 aliphatic carbocycles. The second kappa shape index (κ2) is 7.40. The second-order valence-corrected chi connectivity index (χ2v) is 6.55. The number of nitrogens with zero attached hydrogens (tertiary/aromatic N) is 2. The van der Waals surface area contributed by atoms with Gasteiger partial charge in [0.15, 0.2) is 0 Å². The van der Waals surface area contributed by atoms with E-state index in [1.165, 1.54) is 12.8 Å². The second-order valence-electron chi connectivity index (χ2n) is 6.55. The van der Waals surface area contributed by atoms with Crippen molar-refractivity contribution in [2.45, 2.75) is 32.4 Å². The molecule has 1 atom stereocenters. The van der Waals surface area contributed by atoms with Crippen LogP contribution in [0.2, 0.25) is 0 Å². The Morgan fingerprint density at radius 3 is 2.60 bits per heavy atom. The third kappa shape index (κ3) is 4.00. The summed E-state index contributed by atoms with van der Waals surface area (Å²) in [7, 11) is 1.64. The van der Waals surface area contributed by atoms with Crippen LogP contribution in [0.1, 0.15) is 41.3 Å². The molecular weight excluding hydrogens is 312 g/mol. The number of carbonyl (C=O) groups is 1. The smallest absolute Gasteiger partial charge is 0.254 e. The summed E-state index contributed by atoms with van der Waals surface area (Å²) in [4.78, 5) is 15.0. The lowest BCUT2D eigenvalue weighted by Crippen LogP contribution is -2.39. The van der Waals surface area contributed by atoms with Crippen LogP contribution in [-0.4, -0.2) is 24.0 Å². The minimum Gasteiger partial charge on any atom is -0.497 e. The summed E-state index contributed by atoms with van der Waals surface area (Å²) in [5.41, 5.74) is 2.15. The molecule has 128 valence electrons. The number of amides is 1. The molecule has 25 heavy (non-hydrogen) atoms. The first-order valence-corrected chi connectivity index (χ1v) is 8.56. The highest BCUT2D eigenvalue weighted by Gasteiger charge is 2.34. The summed E-state index contributed by atoms with van der Waals surface area (Å²) in [6, 6.07) is 17.0. The van der Waals surface area contributed by atoms with Gasteiger partial charge in [0, 0.05) is 18.2 Å². The first-order valence-electron chi connectivity index (χ1n) is 8.56. The van der Waals surface area contributed by atoms with Crippen molar-refractivity contribution >= 4 is 5.91 Å². The molecule has 0 spiro atoms. The Hall–Kier alpha value is -2.80. The standard InChI is InChI=1S/C21H22N2O2/c1-15(18-8-9-18)23(14-16-6-10-20(25-2)11-7-16)21(24)19-5-3-4-17(12-19)13-22/h3-7,10-12,15,18H,8-9,14H2,1-2H3/t15-/m1/s1. The van der Waals surface area contributed by atoms with Crippen molar-refractivity contribution in [1.82, 2.24) is 4.90 Å². The maximum atomic E-state index is 13.1. The van der Waals surface area contributed by atoms with Crippen molar-refractivity contribution < 1.29 is 9.53 Å². The number of benzene rings is 2. The number of carbonyl (C=O) groups excluding carboxylic acids is 1. The van der Waals surface area contributed by atoms with Gasteiger partial charge in [0.1, 0.15) is 5.75 Å². The Kier molecular flexibility index (Phi) is 5.04. The molecule has 1 aliphatic rings. The normalized spacial score (nSPS) is 14.4. The molecule has 4 heteroatoms. The molecule has 0 bridgehead atoms. The van der Waals surface area contributed by atoms with E-state index in [2.05, 4.69) is 13.0 Å². The Morgan fingerprint density at radius 2 is 2.00 bits per heavy atom. The molecule has 1 saturated carbocycles. The molecule has 0 radical (unpaired) electrons. The zero-order chi connectivity index (χ0) is 17.8. The van der Waals surface area contributed by atoms with Crippen LogP contribution in [0.15, 0.2) is 48.5 Å². The van der Waals surface area contributed by atoms with E-state index in [-0.39, 0.29) is 11.9 Å². The monoisotopic (exact) mass is 334 g/mol. The van der Waals surface area contributed by atoms with Gasteiger partial charge in [-0.2, -0.15) is 5.26 Å². The van der Waals surface area contributed by atoms with E-state index in [0.29, 0.717) is 23.6 Å². The van der Waals surface area contributed by atoms with Crippen LogP contribution in [0.3, 0.4) is 0 Å². The topological polar surface area (TPSA) is 53.3 Å². The Labute approximate surface area is 148 Å². The van der Waals surface area contributed by atoms with Crippen molar-refractivity contribution in [3.05, 3.63) is 65.2 Å². The lowest BCUT2D eigenvalue weighted by Gasteiger charge is -2.30. The van der Waals surface area contributed by atoms with E-state index in [9.17, 15) is 4.79 Å². The largest absolute Gasteiger partial charge is 0.497 e. The predicted octanol–water partition coefficient (Wildman–Crippen LogP) is 4.01. The highest BCUT2D eigenvalue weighted by Crippen LogP contribution is 2.36. The van der Waals surface area contributed by atoms with Gasteiger partial charge in [0.25, 0.3) is 5.91 Å². The maximum Gasteiger partial charge on any atom is 0.254 e. The summed E-state index contributed by atoms with van der Waals surface area (Å²) in [6.45, 7) is 2.67. The minimum atomic E-state index is -0.0210. The van der Waals surface area contributed by atoms with Crippen molar-refractivity contribution in [3.63, 3.8) is 0 Å². The average molecular weight is 334 g/mol. The zero-order valence-corrected chi connectivity index (χ0v) is 14.6. The maximum absolute atomic E-state index is 13.1. The lowest BCUT2D eigenvalue weighted by atomic mass is 10.1. The van der Waals surface area contributed by atoms with Crippen molar-refractivity contribution in [1.29, 1.82) is 5.26 Å².